The van der Waals surface area contributed by atoms with E-state index in [9.17, 15) is 9.18 Å². The zero-order valence-corrected chi connectivity index (χ0v) is 15.7. The first-order valence-corrected chi connectivity index (χ1v) is 9.63. The van der Waals surface area contributed by atoms with Gasteiger partial charge in [0.05, 0.1) is 5.69 Å². The number of aromatic nitrogens is 1. The summed E-state index contributed by atoms with van der Waals surface area (Å²) in [6, 6.07) is 10.0. The molecule has 0 saturated carbocycles. The first-order chi connectivity index (χ1) is 14.2. The summed E-state index contributed by atoms with van der Waals surface area (Å²) in [6.07, 6.45) is 1.58. The maximum Gasteiger partial charge on any atom is 0.317 e. The third kappa shape index (κ3) is 3.46. The lowest BCUT2D eigenvalue weighted by molar-refractivity contribution is 0.173. The number of nitrogens with zero attached hydrogens (tertiary/aromatic N) is 2. The molecule has 8 heteroatoms. The zero-order chi connectivity index (χ0) is 19.8. The highest BCUT2D eigenvalue weighted by molar-refractivity contribution is 5.80. The number of amides is 2. The maximum atomic E-state index is 13.3. The second-order valence-electron chi connectivity index (χ2n) is 7.32. The third-order valence-electron chi connectivity index (χ3n) is 5.51. The van der Waals surface area contributed by atoms with Crippen molar-refractivity contribution < 1.29 is 23.2 Å². The van der Waals surface area contributed by atoms with Gasteiger partial charge in [0.1, 0.15) is 5.82 Å². The number of rotatable bonds is 3. The molecule has 3 heterocycles. The highest BCUT2D eigenvalue weighted by Gasteiger charge is 2.27. The number of hydrogen-bond acceptors (Lipinski definition) is 5. The van der Waals surface area contributed by atoms with Crippen molar-refractivity contribution in [3.8, 4) is 11.5 Å². The molecule has 5 rings (SSSR count). The van der Waals surface area contributed by atoms with E-state index < -0.39 is 0 Å². The predicted octanol–water partition coefficient (Wildman–Crippen LogP) is 3.78. The summed E-state index contributed by atoms with van der Waals surface area (Å²) in [4.78, 5) is 14.3. The van der Waals surface area contributed by atoms with Gasteiger partial charge in [-0.3, -0.25) is 0 Å². The Bertz CT molecular complexity index is 1060. The number of benzene rings is 2. The number of fused-ring (bicyclic) bond motifs is 2. The van der Waals surface area contributed by atoms with Crippen molar-refractivity contribution in [2.45, 2.75) is 25.3 Å². The summed E-state index contributed by atoms with van der Waals surface area (Å²) in [5, 5.41) is 7.96. The standard InChI is InChI=1S/C21H20FN3O4/c22-15-2-3-16-18(10-15)29-24-20(16)14-5-7-25(8-6-14)21(26)23-11-13-1-4-17-19(9-13)28-12-27-17/h1-4,9-10,14H,5-8,11-12H2,(H,23,26). The van der Waals surface area contributed by atoms with Crippen molar-refractivity contribution in [1.82, 2.24) is 15.4 Å². The van der Waals surface area contributed by atoms with Crippen molar-refractivity contribution in [2.75, 3.05) is 19.9 Å². The predicted molar refractivity (Wildman–Crippen MR) is 102 cm³/mol. The van der Waals surface area contributed by atoms with Gasteiger partial charge in [-0.1, -0.05) is 11.2 Å². The molecule has 2 aromatic carbocycles. The van der Waals surface area contributed by atoms with Crippen LogP contribution in [0.3, 0.4) is 0 Å². The highest BCUT2D eigenvalue weighted by atomic mass is 19.1. The van der Waals surface area contributed by atoms with Crippen LogP contribution in [-0.4, -0.2) is 36.0 Å². The van der Waals surface area contributed by atoms with Crippen molar-refractivity contribution in [2.24, 2.45) is 0 Å². The first kappa shape index (κ1) is 17.8. The fourth-order valence-electron chi connectivity index (χ4n) is 3.92. The minimum absolute atomic E-state index is 0.0896. The van der Waals surface area contributed by atoms with E-state index in [4.69, 9.17) is 14.0 Å². The molecule has 2 aliphatic rings. The van der Waals surface area contributed by atoms with Crippen molar-refractivity contribution >= 4 is 17.0 Å². The summed E-state index contributed by atoms with van der Waals surface area (Å²) in [5.74, 6) is 1.29. The molecular weight excluding hydrogens is 377 g/mol. The molecule has 0 atom stereocenters. The average molecular weight is 397 g/mol. The van der Waals surface area contributed by atoms with Gasteiger partial charge in [-0.25, -0.2) is 9.18 Å². The Kier molecular flexibility index (Phi) is 4.46. The van der Waals surface area contributed by atoms with Gasteiger partial charge in [-0.2, -0.15) is 0 Å². The molecule has 1 N–H and O–H groups in total. The lowest BCUT2D eigenvalue weighted by Gasteiger charge is -2.31. The largest absolute Gasteiger partial charge is 0.454 e. The number of ether oxygens (including phenoxy) is 2. The Hall–Kier alpha value is -3.29. The Morgan fingerprint density at radius 3 is 2.83 bits per heavy atom. The second kappa shape index (κ2) is 7.27. The van der Waals surface area contributed by atoms with Gasteiger partial charge in [0, 0.05) is 37.0 Å². The van der Waals surface area contributed by atoms with Crippen LogP contribution in [0.25, 0.3) is 11.0 Å². The SMILES string of the molecule is O=C(NCc1ccc2c(c1)OCO2)N1CCC(c2noc3cc(F)ccc23)CC1. The molecule has 0 spiro atoms. The van der Waals surface area contributed by atoms with Gasteiger partial charge in [-0.15, -0.1) is 0 Å². The van der Waals surface area contributed by atoms with E-state index in [1.165, 1.54) is 12.1 Å². The minimum Gasteiger partial charge on any atom is -0.454 e. The molecule has 1 saturated heterocycles. The molecule has 2 aliphatic heterocycles. The van der Waals surface area contributed by atoms with Crippen molar-refractivity contribution in [3.63, 3.8) is 0 Å². The summed E-state index contributed by atoms with van der Waals surface area (Å²) in [7, 11) is 0. The van der Waals surface area contributed by atoms with Crippen LogP contribution in [-0.2, 0) is 6.54 Å². The Morgan fingerprint density at radius 2 is 1.97 bits per heavy atom. The first-order valence-electron chi connectivity index (χ1n) is 9.63. The van der Waals surface area contributed by atoms with Crippen LogP contribution in [0.15, 0.2) is 40.9 Å². The maximum absolute atomic E-state index is 13.3. The van der Waals surface area contributed by atoms with Crippen LogP contribution < -0.4 is 14.8 Å². The van der Waals surface area contributed by atoms with Gasteiger partial charge in [0.25, 0.3) is 0 Å². The number of carbonyl (C=O) groups excluding carboxylic acids is 1. The molecule has 3 aromatic rings. The molecule has 0 unspecified atom stereocenters. The molecule has 0 radical (unpaired) electrons. The fraction of sp³-hybridized carbons (Fsp3) is 0.333. The summed E-state index contributed by atoms with van der Waals surface area (Å²) in [5.41, 5.74) is 2.27. The van der Waals surface area contributed by atoms with Gasteiger partial charge in [-0.05, 0) is 42.7 Å². The lowest BCUT2D eigenvalue weighted by Crippen LogP contribution is -2.43. The Balaban J connectivity index is 1.17. The molecule has 7 nitrogen and oxygen atoms in total. The molecule has 150 valence electrons. The Morgan fingerprint density at radius 1 is 1.14 bits per heavy atom. The second-order valence-corrected chi connectivity index (χ2v) is 7.32. The number of urea groups is 1. The smallest absolute Gasteiger partial charge is 0.317 e. The van der Waals surface area contributed by atoms with E-state index in [0.29, 0.717) is 31.0 Å². The lowest BCUT2D eigenvalue weighted by atomic mass is 9.92. The number of hydrogen-bond donors (Lipinski definition) is 1. The molecule has 0 bridgehead atoms. The van der Waals surface area contributed by atoms with Gasteiger partial charge >= 0.3 is 6.03 Å². The summed E-state index contributed by atoms with van der Waals surface area (Å²) < 4.78 is 29.3. The fourth-order valence-corrected chi connectivity index (χ4v) is 3.92. The number of carbonyl (C=O) groups is 1. The molecular formula is C21H20FN3O4. The van der Waals surface area contributed by atoms with E-state index in [1.807, 2.05) is 23.1 Å². The van der Waals surface area contributed by atoms with E-state index in [-0.39, 0.29) is 24.6 Å². The van der Waals surface area contributed by atoms with Gasteiger partial charge in [0.15, 0.2) is 17.1 Å². The molecule has 0 aliphatic carbocycles. The third-order valence-corrected chi connectivity index (χ3v) is 5.51. The van der Waals surface area contributed by atoms with E-state index >= 15 is 0 Å². The van der Waals surface area contributed by atoms with E-state index in [2.05, 4.69) is 10.5 Å². The number of halogens is 1. The van der Waals surface area contributed by atoms with Crippen LogP contribution in [0, 0.1) is 5.82 Å². The van der Waals surface area contributed by atoms with Crippen LogP contribution in [0.2, 0.25) is 0 Å². The molecule has 1 aromatic heterocycles. The topological polar surface area (TPSA) is 76.8 Å². The average Bonchev–Trinajstić information content (AvgIpc) is 3.38. The minimum atomic E-state index is -0.339. The molecule has 1 fully saturated rings. The highest BCUT2D eigenvalue weighted by Crippen LogP contribution is 2.33. The van der Waals surface area contributed by atoms with Gasteiger partial charge < -0.3 is 24.2 Å². The number of nitrogens with one attached hydrogen (secondary N) is 1. The van der Waals surface area contributed by atoms with Crippen LogP contribution in [0.5, 0.6) is 11.5 Å². The van der Waals surface area contributed by atoms with Crippen molar-refractivity contribution in [1.29, 1.82) is 0 Å². The number of piperidine rings is 1. The summed E-state index contributed by atoms with van der Waals surface area (Å²) >= 11 is 0. The zero-order valence-electron chi connectivity index (χ0n) is 15.7. The molecule has 2 amide bonds. The van der Waals surface area contributed by atoms with E-state index in [0.717, 1.165) is 35.2 Å². The normalized spacial score (nSPS) is 16.4. The number of likely N-dealkylation sites (tertiary alicyclic amines) is 1. The van der Waals surface area contributed by atoms with Crippen LogP contribution in [0.1, 0.15) is 30.0 Å². The summed E-state index contributed by atoms with van der Waals surface area (Å²) in [6.45, 7) is 1.92. The van der Waals surface area contributed by atoms with Gasteiger partial charge in [0.2, 0.25) is 6.79 Å². The quantitative estimate of drug-likeness (QED) is 0.728. The van der Waals surface area contributed by atoms with Crippen LogP contribution in [0.4, 0.5) is 9.18 Å². The monoisotopic (exact) mass is 397 g/mol. The van der Waals surface area contributed by atoms with Crippen LogP contribution >= 0.6 is 0 Å². The Labute approximate surface area is 166 Å². The van der Waals surface area contributed by atoms with E-state index in [1.54, 1.807) is 6.07 Å². The molecule has 29 heavy (non-hydrogen) atoms. The van der Waals surface area contributed by atoms with Crippen molar-refractivity contribution in [3.05, 3.63) is 53.5 Å².